The van der Waals surface area contributed by atoms with Crippen molar-refractivity contribution in [3.63, 3.8) is 0 Å². The van der Waals surface area contributed by atoms with E-state index in [-0.39, 0.29) is 0 Å². The molecule has 0 aromatic heterocycles. The van der Waals surface area contributed by atoms with Gasteiger partial charge in [0.05, 0.1) is 11.4 Å². The number of cyclic esters (lactones) is 1. The minimum atomic E-state index is -0.424. The lowest BCUT2D eigenvalue weighted by atomic mass is 10.1. The van der Waals surface area contributed by atoms with Gasteiger partial charge in [-0.05, 0) is 48.0 Å². The van der Waals surface area contributed by atoms with Crippen molar-refractivity contribution < 1.29 is 9.53 Å². The normalized spacial score (nSPS) is 16.5. The summed E-state index contributed by atoms with van der Waals surface area (Å²) in [4.78, 5) is 21.2. The van der Waals surface area contributed by atoms with Crippen LogP contribution in [-0.4, -0.2) is 18.9 Å². The van der Waals surface area contributed by atoms with Gasteiger partial charge < -0.3 is 9.64 Å². The molecule has 2 aliphatic heterocycles. The van der Waals surface area contributed by atoms with Gasteiger partial charge >= 0.3 is 5.97 Å². The summed E-state index contributed by atoms with van der Waals surface area (Å²) in [5.74, 6) is -0.0791. The Morgan fingerprint density at radius 1 is 0.929 bits per heavy atom. The van der Waals surface area contributed by atoms with E-state index in [1.165, 1.54) is 10.6 Å². The van der Waals surface area contributed by atoms with Crippen LogP contribution >= 0.6 is 11.8 Å². The molecule has 0 saturated carbocycles. The van der Waals surface area contributed by atoms with Crippen molar-refractivity contribution in [1.82, 2.24) is 0 Å². The summed E-state index contributed by atoms with van der Waals surface area (Å²) in [6.45, 7) is 0. The molecule has 3 aromatic carbocycles. The fraction of sp³-hybridized carbons (Fsp3) is 0.0435. The Labute approximate surface area is 167 Å². The van der Waals surface area contributed by atoms with E-state index in [1.54, 1.807) is 17.8 Å². The highest BCUT2D eigenvalue weighted by atomic mass is 32.2. The molecule has 28 heavy (non-hydrogen) atoms. The first-order valence-corrected chi connectivity index (χ1v) is 9.73. The third-order valence-electron chi connectivity index (χ3n) is 4.74. The summed E-state index contributed by atoms with van der Waals surface area (Å²) < 4.78 is 5.34. The van der Waals surface area contributed by atoms with Crippen LogP contribution in [0.15, 0.2) is 93.3 Å². The van der Waals surface area contributed by atoms with E-state index in [1.807, 2.05) is 48.5 Å². The molecule has 0 unspecified atom stereocenters. The van der Waals surface area contributed by atoms with Gasteiger partial charge in [-0.3, -0.25) is 0 Å². The highest BCUT2D eigenvalue weighted by molar-refractivity contribution is 7.99. The molecule has 2 aliphatic rings. The monoisotopic (exact) mass is 384 g/mol. The zero-order valence-electron chi connectivity index (χ0n) is 15.1. The fourth-order valence-corrected chi connectivity index (χ4v) is 4.52. The number of rotatable bonds is 2. The maximum Gasteiger partial charge on any atom is 0.363 e. The fourth-order valence-electron chi connectivity index (χ4n) is 3.32. The molecule has 5 heteroatoms. The van der Waals surface area contributed by atoms with Gasteiger partial charge in [0.1, 0.15) is 0 Å². The number of para-hydroxylation sites is 1. The number of hydrogen-bond donors (Lipinski definition) is 0. The average molecular weight is 384 g/mol. The summed E-state index contributed by atoms with van der Waals surface area (Å²) in [6.07, 6.45) is 1.78. The van der Waals surface area contributed by atoms with Crippen LogP contribution in [0.25, 0.3) is 6.08 Å². The van der Waals surface area contributed by atoms with E-state index in [0.29, 0.717) is 11.6 Å². The van der Waals surface area contributed by atoms with Crippen LogP contribution in [-0.2, 0) is 9.53 Å². The van der Waals surface area contributed by atoms with Gasteiger partial charge in [0, 0.05) is 22.4 Å². The highest BCUT2D eigenvalue weighted by Gasteiger charge is 2.25. The predicted octanol–water partition coefficient (Wildman–Crippen LogP) is 5.26. The van der Waals surface area contributed by atoms with Gasteiger partial charge in [-0.15, -0.1) is 0 Å². The molecule has 0 amide bonds. The topological polar surface area (TPSA) is 41.9 Å². The lowest BCUT2D eigenvalue weighted by Gasteiger charge is -2.29. The number of aliphatic imine (C=N–C) groups is 1. The zero-order valence-corrected chi connectivity index (χ0v) is 15.9. The highest BCUT2D eigenvalue weighted by Crippen LogP contribution is 2.47. The van der Waals surface area contributed by atoms with Crippen LogP contribution in [0.2, 0.25) is 0 Å². The maximum absolute atomic E-state index is 12.2. The second-order valence-corrected chi connectivity index (χ2v) is 7.64. The molecule has 0 aliphatic carbocycles. The number of ether oxygens (including phenoxy) is 1. The Hall–Kier alpha value is -3.31. The van der Waals surface area contributed by atoms with Gasteiger partial charge in [-0.25, -0.2) is 9.79 Å². The molecule has 0 saturated heterocycles. The molecule has 5 rings (SSSR count). The zero-order chi connectivity index (χ0) is 19.1. The van der Waals surface area contributed by atoms with E-state index in [4.69, 9.17) is 4.74 Å². The molecule has 2 heterocycles. The van der Waals surface area contributed by atoms with Gasteiger partial charge in [0.25, 0.3) is 0 Å². The van der Waals surface area contributed by atoms with E-state index >= 15 is 0 Å². The van der Waals surface area contributed by atoms with E-state index in [0.717, 1.165) is 21.7 Å². The molecule has 0 N–H and O–H groups in total. The lowest BCUT2D eigenvalue weighted by Crippen LogP contribution is -2.14. The number of fused-ring (bicyclic) bond motifs is 2. The van der Waals surface area contributed by atoms with Gasteiger partial charge in [0.15, 0.2) is 5.70 Å². The number of carbonyl (C=O) groups is 1. The molecule has 0 atom stereocenters. The van der Waals surface area contributed by atoms with Crippen molar-refractivity contribution in [2.45, 2.75) is 9.79 Å². The molecule has 0 fully saturated rings. The SMILES string of the molecule is CN1c2ccccc2Sc2cc(C=C3N=C(c4ccccc4)OC3=O)ccc21. The summed E-state index contributed by atoms with van der Waals surface area (Å²) >= 11 is 1.73. The lowest BCUT2D eigenvalue weighted by molar-refractivity contribution is -0.129. The van der Waals surface area contributed by atoms with Gasteiger partial charge in [-0.2, -0.15) is 0 Å². The molecule has 0 spiro atoms. The van der Waals surface area contributed by atoms with Crippen LogP contribution in [0.1, 0.15) is 11.1 Å². The molecule has 136 valence electrons. The van der Waals surface area contributed by atoms with E-state index in [2.05, 4.69) is 41.2 Å². The summed E-state index contributed by atoms with van der Waals surface area (Å²) in [7, 11) is 2.07. The van der Waals surface area contributed by atoms with Crippen molar-refractivity contribution in [2.75, 3.05) is 11.9 Å². The Balaban J connectivity index is 1.49. The first kappa shape index (κ1) is 16.8. The first-order valence-electron chi connectivity index (χ1n) is 8.92. The maximum atomic E-state index is 12.2. The standard InChI is InChI=1S/C23H16N2O2S/c1-25-18-9-5-6-10-20(18)28-21-14-15(11-12-19(21)25)13-17-23(26)27-22(24-17)16-7-3-2-4-8-16/h2-14H,1H3. The molecule has 3 aromatic rings. The van der Waals surface area contributed by atoms with Gasteiger partial charge in [-0.1, -0.05) is 48.2 Å². The Morgan fingerprint density at radius 2 is 1.68 bits per heavy atom. The smallest absolute Gasteiger partial charge is 0.363 e. The number of anilines is 2. The molecule has 4 nitrogen and oxygen atoms in total. The molecule has 0 bridgehead atoms. The number of esters is 1. The van der Waals surface area contributed by atoms with Crippen LogP contribution in [0, 0.1) is 0 Å². The quantitative estimate of drug-likeness (QED) is 0.446. The van der Waals surface area contributed by atoms with Crippen LogP contribution in [0.4, 0.5) is 11.4 Å². The number of carbonyl (C=O) groups excluding carboxylic acids is 1. The van der Waals surface area contributed by atoms with Crippen molar-refractivity contribution in [3.8, 4) is 0 Å². The van der Waals surface area contributed by atoms with Crippen LogP contribution in [0.3, 0.4) is 0 Å². The largest absolute Gasteiger partial charge is 0.402 e. The molecule has 0 radical (unpaired) electrons. The predicted molar refractivity (Wildman–Crippen MR) is 112 cm³/mol. The van der Waals surface area contributed by atoms with Crippen molar-refractivity contribution in [1.29, 1.82) is 0 Å². The van der Waals surface area contributed by atoms with Crippen LogP contribution < -0.4 is 4.90 Å². The minimum absolute atomic E-state index is 0.313. The Bertz CT molecular complexity index is 1150. The average Bonchev–Trinajstić information content (AvgIpc) is 3.09. The molecular weight excluding hydrogens is 368 g/mol. The second-order valence-electron chi connectivity index (χ2n) is 6.56. The Morgan fingerprint density at radius 3 is 2.54 bits per heavy atom. The third-order valence-corrected chi connectivity index (χ3v) is 5.85. The Kier molecular flexibility index (Phi) is 4.02. The van der Waals surface area contributed by atoms with Gasteiger partial charge in [0.2, 0.25) is 5.90 Å². The minimum Gasteiger partial charge on any atom is -0.402 e. The van der Waals surface area contributed by atoms with Crippen molar-refractivity contribution in [3.05, 3.63) is 89.6 Å². The summed E-state index contributed by atoms with van der Waals surface area (Å²) in [5, 5.41) is 0. The summed E-state index contributed by atoms with van der Waals surface area (Å²) in [5.41, 5.74) is 4.37. The number of hydrogen-bond acceptors (Lipinski definition) is 5. The molecular formula is C23H16N2O2S. The summed E-state index contributed by atoms with van der Waals surface area (Å²) in [6, 6.07) is 23.9. The number of nitrogens with zero attached hydrogens (tertiary/aromatic N) is 2. The van der Waals surface area contributed by atoms with Crippen LogP contribution in [0.5, 0.6) is 0 Å². The van der Waals surface area contributed by atoms with E-state index < -0.39 is 5.97 Å². The second kappa shape index (κ2) is 6.69. The first-order chi connectivity index (χ1) is 13.7. The number of benzene rings is 3. The van der Waals surface area contributed by atoms with Crippen molar-refractivity contribution >= 4 is 41.1 Å². The van der Waals surface area contributed by atoms with E-state index in [9.17, 15) is 4.79 Å². The third kappa shape index (κ3) is 2.90. The van der Waals surface area contributed by atoms with Crippen molar-refractivity contribution in [2.24, 2.45) is 4.99 Å².